The quantitative estimate of drug-likeness (QED) is 0.885. The highest BCUT2D eigenvalue weighted by Crippen LogP contribution is 2.34. The van der Waals surface area contributed by atoms with Crippen LogP contribution in [0.1, 0.15) is 35.7 Å². The van der Waals surface area contributed by atoms with Crippen LogP contribution in [0.25, 0.3) is 0 Å². The van der Waals surface area contributed by atoms with Crippen LogP contribution in [0.4, 0.5) is 0 Å². The predicted octanol–water partition coefficient (Wildman–Crippen LogP) is 3.08. The summed E-state index contributed by atoms with van der Waals surface area (Å²) in [5.41, 5.74) is 1.66. The summed E-state index contributed by atoms with van der Waals surface area (Å²) in [6.45, 7) is 4.83. The van der Waals surface area contributed by atoms with Crippen LogP contribution in [0.2, 0.25) is 0 Å². The zero-order valence-electron chi connectivity index (χ0n) is 16.0. The van der Waals surface area contributed by atoms with Gasteiger partial charge in [0.1, 0.15) is 5.75 Å². The van der Waals surface area contributed by atoms with Crippen LogP contribution in [0.3, 0.4) is 0 Å². The Bertz CT molecular complexity index is 804. The van der Waals surface area contributed by atoms with Crippen LogP contribution >= 0.6 is 0 Å². The Morgan fingerprint density at radius 1 is 1.07 bits per heavy atom. The number of ether oxygens (including phenoxy) is 1. The summed E-state index contributed by atoms with van der Waals surface area (Å²) in [5, 5.41) is 3.01. The van der Waals surface area contributed by atoms with Gasteiger partial charge in [-0.05, 0) is 37.6 Å². The molecule has 27 heavy (non-hydrogen) atoms. The van der Waals surface area contributed by atoms with E-state index < -0.39 is 0 Å². The third kappa shape index (κ3) is 4.30. The average molecular weight is 366 g/mol. The first kappa shape index (κ1) is 19.0. The van der Waals surface area contributed by atoms with Gasteiger partial charge >= 0.3 is 0 Å². The molecule has 0 saturated carbocycles. The van der Waals surface area contributed by atoms with E-state index in [1.165, 1.54) is 0 Å². The largest absolute Gasteiger partial charge is 0.497 e. The standard InChI is InChI=1S/C22H26N2O3/c1-15(2)23-21(25)20-14-24(13-19(20)16-8-5-4-6-9-16)22(26)17-10-7-11-18(12-17)27-3/h4-12,15,19-20H,13-14H2,1-3H3,(H,23,25)/t19-,20+/m0/s1. The SMILES string of the molecule is COc1cccc(C(=O)N2C[C@@H](C(=O)NC(C)C)[C@H](c3ccccc3)C2)c1. The van der Waals surface area contributed by atoms with Gasteiger partial charge in [0.25, 0.3) is 5.91 Å². The number of hydrogen-bond donors (Lipinski definition) is 1. The third-order valence-electron chi connectivity index (χ3n) is 4.92. The van der Waals surface area contributed by atoms with Gasteiger partial charge in [0.2, 0.25) is 5.91 Å². The van der Waals surface area contributed by atoms with Crippen molar-refractivity contribution in [1.29, 1.82) is 0 Å². The second-order valence-electron chi connectivity index (χ2n) is 7.23. The predicted molar refractivity (Wildman–Crippen MR) is 105 cm³/mol. The second-order valence-corrected chi connectivity index (χ2v) is 7.23. The molecule has 1 N–H and O–H groups in total. The van der Waals surface area contributed by atoms with Gasteiger partial charge in [-0.25, -0.2) is 0 Å². The number of carbonyl (C=O) groups is 2. The van der Waals surface area contributed by atoms with E-state index in [0.29, 0.717) is 24.4 Å². The van der Waals surface area contributed by atoms with Crippen LogP contribution < -0.4 is 10.1 Å². The number of nitrogens with one attached hydrogen (secondary N) is 1. The summed E-state index contributed by atoms with van der Waals surface area (Å²) in [4.78, 5) is 27.6. The van der Waals surface area contributed by atoms with Gasteiger partial charge in [-0.2, -0.15) is 0 Å². The topological polar surface area (TPSA) is 58.6 Å². The van der Waals surface area contributed by atoms with Gasteiger partial charge in [-0.3, -0.25) is 9.59 Å². The molecule has 2 aromatic rings. The fourth-order valence-corrected chi connectivity index (χ4v) is 3.60. The Balaban J connectivity index is 1.85. The molecule has 1 aliphatic heterocycles. The van der Waals surface area contributed by atoms with Crippen molar-refractivity contribution in [3.8, 4) is 5.75 Å². The molecule has 3 rings (SSSR count). The molecule has 1 aliphatic rings. The number of nitrogens with zero attached hydrogens (tertiary/aromatic N) is 1. The van der Waals surface area contributed by atoms with Crippen LogP contribution in [-0.4, -0.2) is 43.0 Å². The van der Waals surface area contributed by atoms with Gasteiger partial charge in [-0.1, -0.05) is 36.4 Å². The number of methoxy groups -OCH3 is 1. The molecular formula is C22H26N2O3. The number of amides is 2. The van der Waals surface area contributed by atoms with E-state index in [9.17, 15) is 9.59 Å². The zero-order valence-corrected chi connectivity index (χ0v) is 16.0. The lowest BCUT2D eigenvalue weighted by Crippen LogP contribution is -2.39. The number of rotatable bonds is 5. The van der Waals surface area contributed by atoms with E-state index in [1.54, 1.807) is 30.2 Å². The van der Waals surface area contributed by atoms with E-state index in [1.807, 2.05) is 50.2 Å². The van der Waals surface area contributed by atoms with Crippen molar-refractivity contribution in [2.45, 2.75) is 25.8 Å². The molecule has 0 aliphatic carbocycles. The van der Waals surface area contributed by atoms with E-state index in [4.69, 9.17) is 4.74 Å². The molecule has 0 aromatic heterocycles. The molecule has 0 radical (unpaired) electrons. The lowest BCUT2D eigenvalue weighted by Gasteiger charge is -2.19. The van der Waals surface area contributed by atoms with E-state index >= 15 is 0 Å². The Morgan fingerprint density at radius 2 is 1.81 bits per heavy atom. The molecule has 2 aromatic carbocycles. The Kier molecular flexibility index (Phi) is 5.79. The lowest BCUT2D eigenvalue weighted by molar-refractivity contribution is -0.125. The molecule has 142 valence electrons. The van der Waals surface area contributed by atoms with Crippen molar-refractivity contribution in [2.75, 3.05) is 20.2 Å². The molecule has 5 nitrogen and oxygen atoms in total. The maximum atomic E-state index is 13.0. The molecule has 5 heteroatoms. The highest BCUT2D eigenvalue weighted by Gasteiger charge is 2.40. The number of hydrogen-bond acceptors (Lipinski definition) is 3. The molecule has 0 bridgehead atoms. The van der Waals surface area contributed by atoms with Crippen molar-refractivity contribution < 1.29 is 14.3 Å². The summed E-state index contributed by atoms with van der Waals surface area (Å²) in [5.74, 6) is 0.298. The minimum absolute atomic E-state index is 0.000190. The Labute approximate surface area is 160 Å². The minimum Gasteiger partial charge on any atom is -0.497 e. The molecule has 1 saturated heterocycles. The summed E-state index contributed by atoms with van der Waals surface area (Å²) in [6.07, 6.45) is 0. The number of carbonyl (C=O) groups excluding carboxylic acids is 2. The van der Waals surface area contributed by atoms with E-state index in [2.05, 4.69) is 5.32 Å². The highest BCUT2D eigenvalue weighted by atomic mass is 16.5. The first-order valence-corrected chi connectivity index (χ1v) is 9.28. The number of benzene rings is 2. The third-order valence-corrected chi connectivity index (χ3v) is 4.92. The minimum atomic E-state index is -0.260. The van der Waals surface area contributed by atoms with E-state index in [0.717, 1.165) is 5.56 Å². The van der Waals surface area contributed by atoms with Crippen LogP contribution in [0, 0.1) is 5.92 Å². The maximum Gasteiger partial charge on any atom is 0.254 e. The Hall–Kier alpha value is -2.82. The summed E-state index contributed by atoms with van der Waals surface area (Å²) >= 11 is 0. The lowest BCUT2D eigenvalue weighted by atomic mass is 9.88. The van der Waals surface area contributed by atoms with E-state index in [-0.39, 0.29) is 29.7 Å². The normalized spacial score (nSPS) is 19.2. The Morgan fingerprint density at radius 3 is 2.48 bits per heavy atom. The molecule has 0 unspecified atom stereocenters. The van der Waals surface area contributed by atoms with Crippen molar-refractivity contribution >= 4 is 11.8 Å². The molecule has 2 amide bonds. The zero-order chi connectivity index (χ0) is 19.4. The smallest absolute Gasteiger partial charge is 0.254 e. The van der Waals surface area contributed by atoms with Gasteiger partial charge < -0.3 is 15.0 Å². The molecule has 2 atom stereocenters. The van der Waals surface area contributed by atoms with Crippen molar-refractivity contribution in [2.24, 2.45) is 5.92 Å². The van der Waals surface area contributed by atoms with Crippen molar-refractivity contribution in [3.05, 3.63) is 65.7 Å². The van der Waals surface area contributed by atoms with Crippen LogP contribution in [-0.2, 0) is 4.79 Å². The second kappa shape index (κ2) is 8.25. The average Bonchev–Trinajstić information content (AvgIpc) is 3.13. The first-order valence-electron chi connectivity index (χ1n) is 9.28. The molecule has 0 spiro atoms. The maximum absolute atomic E-state index is 13.0. The summed E-state index contributed by atoms with van der Waals surface area (Å²) in [6, 6.07) is 17.2. The van der Waals surface area contributed by atoms with Crippen molar-refractivity contribution in [3.63, 3.8) is 0 Å². The fourth-order valence-electron chi connectivity index (χ4n) is 3.60. The molecular weight excluding hydrogens is 340 g/mol. The van der Waals surface area contributed by atoms with Crippen molar-refractivity contribution in [1.82, 2.24) is 10.2 Å². The fraction of sp³-hybridized carbons (Fsp3) is 0.364. The number of likely N-dealkylation sites (tertiary alicyclic amines) is 1. The first-order chi connectivity index (χ1) is 13.0. The van der Waals surface area contributed by atoms with Crippen LogP contribution in [0.5, 0.6) is 5.75 Å². The molecule has 1 fully saturated rings. The summed E-state index contributed by atoms with van der Waals surface area (Å²) < 4.78 is 5.23. The van der Waals surface area contributed by atoms with Gasteiger partial charge in [0.15, 0.2) is 0 Å². The van der Waals surface area contributed by atoms with Crippen LogP contribution in [0.15, 0.2) is 54.6 Å². The van der Waals surface area contributed by atoms with Gasteiger partial charge in [-0.15, -0.1) is 0 Å². The van der Waals surface area contributed by atoms with Gasteiger partial charge in [0, 0.05) is 30.6 Å². The van der Waals surface area contributed by atoms with Gasteiger partial charge in [0.05, 0.1) is 13.0 Å². The highest BCUT2D eigenvalue weighted by molar-refractivity contribution is 5.95. The monoisotopic (exact) mass is 366 g/mol. The summed E-state index contributed by atoms with van der Waals surface area (Å²) in [7, 11) is 1.58. The molecule has 1 heterocycles.